The normalized spacial score (nSPS) is 27.2. The van der Waals surface area contributed by atoms with Gasteiger partial charge in [0.15, 0.2) is 5.13 Å². The third-order valence-corrected chi connectivity index (χ3v) is 4.60. The molecule has 1 fully saturated rings. The van der Waals surface area contributed by atoms with Crippen LogP contribution in [0.4, 0.5) is 5.13 Å². The summed E-state index contributed by atoms with van der Waals surface area (Å²) in [7, 11) is 0. The van der Waals surface area contributed by atoms with Gasteiger partial charge in [-0.15, -0.1) is 11.3 Å². The summed E-state index contributed by atoms with van der Waals surface area (Å²) < 4.78 is 0.965. The van der Waals surface area contributed by atoms with Crippen molar-refractivity contribution in [3.05, 3.63) is 9.98 Å². The summed E-state index contributed by atoms with van der Waals surface area (Å²) in [6.07, 6.45) is 2.52. The monoisotopic (exact) mass is 274 g/mol. The van der Waals surface area contributed by atoms with Gasteiger partial charge in [-0.2, -0.15) is 0 Å². The fourth-order valence-corrected chi connectivity index (χ4v) is 3.58. The van der Waals surface area contributed by atoms with Crippen molar-refractivity contribution in [2.45, 2.75) is 32.7 Å². The molecule has 1 saturated heterocycles. The highest BCUT2D eigenvalue weighted by Gasteiger charge is 2.31. The molecule has 0 spiro atoms. The van der Waals surface area contributed by atoms with Gasteiger partial charge in [0.25, 0.3) is 0 Å². The predicted molar refractivity (Wildman–Crippen MR) is 65.0 cm³/mol. The van der Waals surface area contributed by atoms with Gasteiger partial charge in [0.05, 0.1) is 0 Å². The molecule has 2 heterocycles. The molecule has 0 aromatic carbocycles. The molecule has 2 nitrogen and oxygen atoms in total. The average Bonchev–Trinajstić information content (AvgIpc) is 2.71. The lowest BCUT2D eigenvalue weighted by Crippen LogP contribution is -2.31. The number of hydrogen-bond donors (Lipinski definition) is 0. The first-order chi connectivity index (χ1) is 6.72. The number of nitrogens with zero attached hydrogens (tertiary/aromatic N) is 2. The van der Waals surface area contributed by atoms with Crippen LogP contribution in [0, 0.1) is 5.92 Å². The number of anilines is 1. The fraction of sp³-hybridized carbons (Fsp3) is 0.700. The maximum atomic E-state index is 4.49. The van der Waals surface area contributed by atoms with Crippen molar-refractivity contribution in [1.29, 1.82) is 0 Å². The Morgan fingerprint density at radius 1 is 1.71 bits per heavy atom. The number of rotatable bonds is 2. The molecule has 0 bridgehead atoms. The molecule has 1 aromatic rings. The van der Waals surface area contributed by atoms with Crippen LogP contribution in [-0.2, 0) is 0 Å². The van der Waals surface area contributed by atoms with Gasteiger partial charge in [0.2, 0.25) is 0 Å². The van der Waals surface area contributed by atoms with Crippen LogP contribution in [0.1, 0.15) is 26.7 Å². The lowest BCUT2D eigenvalue weighted by Gasteiger charge is -2.25. The Labute approximate surface area is 97.5 Å². The molecule has 2 rings (SSSR count). The summed E-state index contributed by atoms with van der Waals surface area (Å²) in [5.41, 5.74) is 0. The second-order valence-electron chi connectivity index (χ2n) is 3.89. The molecule has 4 heteroatoms. The van der Waals surface area contributed by atoms with E-state index in [0.29, 0.717) is 6.04 Å². The Balaban J connectivity index is 2.18. The van der Waals surface area contributed by atoms with Crippen LogP contribution in [0.25, 0.3) is 0 Å². The summed E-state index contributed by atoms with van der Waals surface area (Å²) in [6, 6.07) is 0.688. The van der Waals surface area contributed by atoms with Gasteiger partial charge in [-0.1, -0.05) is 13.8 Å². The van der Waals surface area contributed by atoms with Crippen LogP contribution >= 0.6 is 27.3 Å². The number of aromatic nitrogens is 1. The molecule has 0 saturated carbocycles. The lowest BCUT2D eigenvalue weighted by molar-refractivity contribution is 0.499. The molecule has 0 radical (unpaired) electrons. The first-order valence-corrected chi connectivity index (χ1v) is 6.77. The number of hydrogen-bond acceptors (Lipinski definition) is 3. The average molecular weight is 275 g/mol. The maximum Gasteiger partial charge on any atom is 0.186 e. The lowest BCUT2D eigenvalue weighted by atomic mass is 10.0. The van der Waals surface area contributed by atoms with Gasteiger partial charge >= 0.3 is 0 Å². The Hall–Kier alpha value is -0.0900. The van der Waals surface area contributed by atoms with Crippen LogP contribution in [0.2, 0.25) is 0 Å². The molecular weight excluding hydrogens is 260 g/mol. The van der Waals surface area contributed by atoms with E-state index >= 15 is 0 Å². The molecule has 1 aliphatic heterocycles. The summed E-state index contributed by atoms with van der Waals surface area (Å²) >= 11 is 5.14. The van der Waals surface area contributed by atoms with E-state index in [4.69, 9.17) is 0 Å². The molecule has 14 heavy (non-hydrogen) atoms. The maximum absolute atomic E-state index is 4.49. The van der Waals surface area contributed by atoms with Gasteiger partial charge in [-0.3, -0.25) is 0 Å². The van der Waals surface area contributed by atoms with Gasteiger partial charge in [0.1, 0.15) is 4.60 Å². The van der Waals surface area contributed by atoms with E-state index in [-0.39, 0.29) is 0 Å². The Morgan fingerprint density at radius 3 is 3.07 bits per heavy atom. The minimum absolute atomic E-state index is 0.688. The molecule has 2 unspecified atom stereocenters. The SMILES string of the molecule is CCC1C(C)CCN1c1nc(Br)cs1. The van der Waals surface area contributed by atoms with E-state index < -0.39 is 0 Å². The zero-order valence-corrected chi connectivity index (χ0v) is 10.9. The molecule has 0 N–H and O–H groups in total. The Kier molecular flexibility index (Phi) is 3.12. The summed E-state index contributed by atoms with van der Waals surface area (Å²) in [5.74, 6) is 0.808. The standard InChI is InChI=1S/C10H15BrN2S/c1-3-8-7(2)4-5-13(8)10-12-9(11)6-14-10/h6-8H,3-5H2,1-2H3. The topological polar surface area (TPSA) is 16.1 Å². The van der Waals surface area contributed by atoms with Crippen molar-refractivity contribution in [2.24, 2.45) is 5.92 Å². The number of thiazole rings is 1. The van der Waals surface area contributed by atoms with E-state index in [1.54, 1.807) is 11.3 Å². The van der Waals surface area contributed by atoms with Gasteiger partial charge in [0, 0.05) is 18.0 Å². The quantitative estimate of drug-likeness (QED) is 0.820. The highest BCUT2D eigenvalue weighted by molar-refractivity contribution is 9.10. The van der Waals surface area contributed by atoms with Crippen LogP contribution in [-0.4, -0.2) is 17.6 Å². The number of halogens is 1. The largest absolute Gasteiger partial charge is 0.345 e. The van der Waals surface area contributed by atoms with Crippen molar-refractivity contribution in [2.75, 3.05) is 11.4 Å². The minimum atomic E-state index is 0.688. The first kappa shape index (κ1) is 10.4. The van der Waals surface area contributed by atoms with E-state index in [1.807, 2.05) is 0 Å². The van der Waals surface area contributed by atoms with Crippen LogP contribution in [0.3, 0.4) is 0 Å². The predicted octanol–water partition coefficient (Wildman–Crippen LogP) is 3.53. The zero-order valence-electron chi connectivity index (χ0n) is 8.53. The van der Waals surface area contributed by atoms with Gasteiger partial charge in [-0.05, 0) is 34.7 Å². The van der Waals surface area contributed by atoms with E-state index in [9.17, 15) is 0 Å². The minimum Gasteiger partial charge on any atom is -0.345 e. The Morgan fingerprint density at radius 2 is 2.50 bits per heavy atom. The second-order valence-corrected chi connectivity index (χ2v) is 5.54. The first-order valence-electron chi connectivity index (χ1n) is 5.10. The molecular formula is C10H15BrN2S. The van der Waals surface area contributed by atoms with Crippen molar-refractivity contribution in [3.8, 4) is 0 Å². The van der Waals surface area contributed by atoms with Crippen LogP contribution < -0.4 is 4.90 Å². The smallest absolute Gasteiger partial charge is 0.186 e. The fourth-order valence-electron chi connectivity index (χ4n) is 2.25. The van der Waals surface area contributed by atoms with Crippen molar-refractivity contribution < 1.29 is 0 Å². The van der Waals surface area contributed by atoms with Gasteiger partial charge < -0.3 is 4.90 Å². The van der Waals surface area contributed by atoms with Crippen molar-refractivity contribution >= 4 is 32.4 Å². The highest BCUT2D eigenvalue weighted by atomic mass is 79.9. The van der Waals surface area contributed by atoms with E-state index in [0.717, 1.165) is 10.5 Å². The molecule has 2 atom stereocenters. The summed E-state index contributed by atoms with van der Waals surface area (Å²) in [5, 5.41) is 3.23. The summed E-state index contributed by atoms with van der Waals surface area (Å²) in [6.45, 7) is 5.78. The summed E-state index contributed by atoms with van der Waals surface area (Å²) in [4.78, 5) is 6.94. The Bertz CT molecular complexity index is 313. The van der Waals surface area contributed by atoms with E-state index in [2.05, 4.69) is 45.0 Å². The highest BCUT2D eigenvalue weighted by Crippen LogP contribution is 2.34. The van der Waals surface area contributed by atoms with Crippen molar-refractivity contribution in [3.63, 3.8) is 0 Å². The molecule has 0 amide bonds. The molecule has 78 valence electrons. The van der Waals surface area contributed by atoms with Gasteiger partial charge in [-0.25, -0.2) is 4.98 Å². The van der Waals surface area contributed by atoms with Crippen LogP contribution in [0.15, 0.2) is 9.98 Å². The third kappa shape index (κ3) is 1.82. The molecule has 0 aliphatic carbocycles. The third-order valence-electron chi connectivity index (χ3n) is 3.01. The molecule has 1 aliphatic rings. The zero-order chi connectivity index (χ0) is 10.1. The van der Waals surface area contributed by atoms with Crippen molar-refractivity contribution in [1.82, 2.24) is 4.98 Å². The molecule has 1 aromatic heterocycles. The van der Waals surface area contributed by atoms with E-state index in [1.165, 1.54) is 24.5 Å². The van der Waals surface area contributed by atoms with Crippen LogP contribution in [0.5, 0.6) is 0 Å². The second kappa shape index (κ2) is 4.19.